The summed E-state index contributed by atoms with van der Waals surface area (Å²) >= 11 is -2.78. The first-order chi connectivity index (χ1) is 9.68. The Kier molecular flexibility index (Phi) is 13.1. The molecule has 1 heteroatoms. The van der Waals surface area contributed by atoms with Crippen LogP contribution in [0.5, 0.6) is 0 Å². The van der Waals surface area contributed by atoms with Gasteiger partial charge in [0.05, 0.1) is 0 Å². The molecule has 0 N–H and O–H groups in total. The third kappa shape index (κ3) is 11.3. The minimum atomic E-state index is -2.78. The molecular weight excluding hydrogens is 347 g/mol. The number of hydrogen-bond donors (Lipinski definition) is 0. The normalized spacial score (nSPS) is 9.60. The van der Waals surface area contributed by atoms with Crippen molar-refractivity contribution in [2.45, 2.75) is 83.5 Å². The molecule has 20 heavy (non-hydrogen) atoms. The van der Waals surface area contributed by atoms with Crippen molar-refractivity contribution in [3.8, 4) is 29.6 Å². The molecule has 0 aromatic heterocycles. The zero-order chi connectivity index (χ0) is 15.1. The fraction of sp³-hybridized carbons (Fsp3) is 0.684. The van der Waals surface area contributed by atoms with E-state index in [2.05, 4.69) is 55.3 Å². The molecule has 0 unspecified atom stereocenters. The Labute approximate surface area is 131 Å². The average Bonchev–Trinajstić information content (AvgIpc) is 2.45. The maximum absolute atomic E-state index is 3.50. The van der Waals surface area contributed by atoms with Crippen molar-refractivity contribution >= 4 is 18.4 Å². The van der Waals surface area contributed by atoms with Gasteiger partial charge in [0, 0.05) is 0 Å². The molecule has 0 aliphatic heterocycles. The molecule has 0 nitrogen and oxygen atoms in total. The number of hydrogen-bond acceptors (Lipinski definition) is 0. The van der Waals surface area contributed by atoms with Crippen molar-refractivity contribution in [3.05, 3.63) is 0 Å². The van der Waals surface area contributed by atoms with Crippen molar-refractivity contribution < 1.29 is 0 Å². The van der Waals surface area contributed by atoms with E-state index in [-0.39, 0.29) is 0 Å². The fourth-order valence-electron chi connectivity index (χ4n) is 1.61. The Balaban J connectivity index is 4.73. The minimum absolute atomic E-state index is 1.01. The summed E-state index contributed by atoms with van der Waals surface area (Å²) in [5, 5.41) is 0. The zero-order valence-corrected chi connectivity index (χ0v) is 16.7. The molecule has 0 spiro atoms. The Morgan fingerprint density at radius 3 is 1.15 bits per heavy atom. The van der Waals surface area contributed by atoms with Crippen LogP contribution < -0.4 is 0 Å². The van der Waals surface area contributed by atoms with E-state index >= 15 is 0 Å². The summed E-state index contributed by atoms with van der Waals surface area (Å²) in [4.78, 5) is 2.27. The van der Waals surface area contributed by atoms with E-state index in [1.165, 1.54) is 38.5 Å². The number of rotatable bonds is 6. The van der Waals surface area contributed by atoms with Crippen molar-refractivity contribution in [1.82, 2.24) is 0 Å². The second-order valence-corrected chi connectivity index (χ2v) is 13.9. The maximum atomic E-state index is 3.50. The van der Waals surface area contributed by atoms with Crippen LogP contribution in [0, 0.1) is 29.6 Å². The van der Waals surface area contributed by atoms with Gasteiger partial charge in [-0.25, -0.2) is 0 Å². The standard InChI is InChI=1S/3C6H9.CH3.Sn/c3*1-3-5-6-4-2;;/h3*3,5-6H2,1H3;1H3;. The summed E-state index contributed by atoms with van der Waals surface area (Å²) in [5.41, 5.74) is 0. The molecular formula is C19H30Sn. The topological polar surface area (TPSA) is 0 Å². The first kappa shape index (κ1) is 19.5. The molecule has 0 aliphatic carbocycles. The van der Waals surface area contributed by atoms with Gasteiger partial charge in [-0.05, 0) is 0 Å². The average molecular weight is 377 g/mol. The van der Waals surface area contributed by atoms with E-state index in [0.717, 1.165) is 19.3 Å². The molecule has 0 heterocycles. The third-order valence-corrected chi connectivity index (χ3v) is 8.78. The van der Waals surface area contributed by atoms with Crippen LogP contribution in [0.3, 0.4) is 0 Å². The Morgan fingerprint density at radius 2 is 0.900 bits per heavy atom. The molecule has 0 aliphatic rings. The monoisotopic (exact) mass is 378 g/mol. The van der Waals surface area contributed by atoms with E-state index in [4.69, 9.17) is 0 Å². The molecule has 0 bridgehead atoms. The van der Waals surface area contributed by atoms with E-state index in [1.807, 2.05) is 0 Å². The summed E-state index contributed by atoms with van der Waals surface area (Å²) in [6, 6.07) is 0. The Hall–Kier alpha value is -0.521. The summed E-state index contributed by atoms with van der Waals surface area (Å²) in [7, 11) is 0. The second-order valence-electron chi connectivity index (χ2n) is 5.34. The summed E-state index contributed by atoms with van der Waals surface area (Å²) in [6.07, 6.45) is 10.3. The van der Waals surface area contributed by atoms with Crippen LogP contribution in [0.15, 0.2) is 0 Å². The zero-order valence-electron chi connectivity index (χ0n) is 13.9. The van der Waals surface area contributed by atoms with Crippen molar-refractivity contribution in [3.63, 3.8) is 0 Å². The van der Waals surface area contributed by atoms with Gasteiger partial charge < -0.3 is 0 Å². The predicted molar refractivity (Wildman–Crippen MR) is 93.5 cm³/mol. The summed E-state index contributed by atoms with van der Waals surface area (Å²) < 4.78 is 10.5. The van der Waals surface area contributed by atoms with Gasteiger partial charge in [0.1, 0.15) is 0 Å². The van der Waals surface area contributed by atoms with Crippen LogP contribution in [0.4, 0.5) is 0 Å². The molecule has 110 valence electrons. The van der Waals surface area contributed by atoms with E-state index in [1.54, 1.807) is 0 Å². The summed E-state index contributed by atoms with van der Waals surface area (Å²) in [6.45, 7) is 6.62. The number of unbranched alkanes of at least 4 members (excludes halogenated alkanes) is 6. The van der Waals surface area contributed by atoms with Gasteiger partial charge in [0.15, 0.2) is 0 Å². The molecule has 0 saturated carbocycles. The fourth-order valence-corrected chi connectivity index (χ4v) is 6.24. The van der Waals surface area contributed by atoms with E-state index in [9.17, 15) is 0 Å². The molecule has 0 saturated heterocycles. The molecule has 0 radical (unpaired) electrons. The van der Waals surface area contributed by atoms with Gasteiger partial charge in [-0.3, -0.25) is 0 Å². The molecule has 0 atom stereocenters. The summed E-state index contributed by atoms with van der Waals surface area (Å²) in [5.74, 6) is 10.0. The molecule has 0 aromatic rings. The van der Waals surface area contributed by atoms with Gasteiger partial charge in [-0.15, -0.1) is 0 Å². The van der Waals surface area contributed by atoms with Gasteiger partial charge in [-0.1, -0.05) is 0 Å². The second kappa shape index (κ2) is 13.5. The SMILES string of the molecule is CCCCC#[C][Sn]([CH3])([C]#CCCCC)[C]#CCCCC. The van der Waals surface area contributed by atoms with Gasteiger partial charge in [-0.2, -0.15) is 0 Å². The van der Waals surface area contributed by atoms with Crippen LogP contribution in [0.25, 0.3) is 0 Å². The third-order valence-electron chi connectivity index (χ3n) is 2.98. The Morgan fingerprint density at radius 1 is 0.600 bits per heavy atom. The molecule has 0 amide bonds. The predicted octanol–water partition coefficient (Wildman–Crippen LogP) is 5.26. The van der Waals surface area contributed by atoms with Crippen LogP contribution in [-0.4, -0.2) is 18.4 Å². The molecule has 0 rings (SSSR count). The van der Waals surface area contributed by atoms with Crippen molar-refractivity contribution in [2.75, 3.05) is 0 Å². The first-order valence-corrected chi connectivity index (χ1v) is 15.3. The van der Waals surface area contributed by atoms with Gasteiger partial charge >= 0.3 is 131 Å². The van der Waals surface area contributed by atoms with Crippen LogP contribution >= 0.6 is 0 Å². The first-order valence-electron chi connectivity index (χ1n) is 8.18. The van der Waals surface area contributed by atoms with Crippen LogP contribution in [0.1, 0.15) is 78.6 Å². The van der Waals surface area contributed by atoms with Crippen LogP contribution in [-0.2, 0) is 0 Å². The quantitative estimate of drug-likeness (QED) is 0.336. The molecule has 0 aromatic carbocycles. The van der Waals surface area contributed by atoms with E-state index < -0.39 is 18.4 Å². The van der Waals surface area contributed by atoms with Crippen LogP contribution in [0.2, 0.25) is 4.94 Å². The van der Waals surface area contributed by atoms with Gasteiger partial charge in [0.25, 0.3) is 0 Å². The van der Waals surface area contributed by atoms with Crippen molar-refractivity contribution in [1.29, 1.82) is 0 Å². The van der Waals surface area contributed by atoms with Gasteiger partial charge in [0.2, 0.25) is 0 Å². The van der Waals surface area contributed by atoms with E-state index in [0.29, 0.717) is 0 Å². The van der Waals surface area contributed by atoms with Crippen molar-refractivity contribution in [2.24, 2.45) is 0 Å². The molecule has 0 fully saturated rings. The Bertz CT molecular complexity index is 349.